The zero-order valence-corrected chi connectivity index (χ0v) is 14.0. The Morgan fingerprint density at radius 2 is 1.79 bits per heavy atom. The normalized spacial score (nSPS) is 30.2. The van der Waals surface area contributed by atoms with Crippen molar-refractivity contribution in [3.63, 3.8) is 0 Å². The molecule has 1 saturated carbocycles. The molecule has 0 aromatic heterocycles. The summed E-state index contributed by atoms with van der Waals surface area (Å²) in [5.74, 6) is 0. The fourth-order valence-corrected chi connectivity index (χ4v) is 3.81. The Morgan fingerprint density at radius 1 is 1.04 bits per heavy atom. The van der Waals surface area contributed by atoms with Crippen LogP contribution in [-0.2, 0) is 5.41 Å². The number of benzene rings is 2. The van der Waals surface area contributed by atoms with Gasteiger partial charge in [-0.2, -0.15) is 0 Å². The van der Waals surface area contributed by atoms with Gasteiger partial charge in [-0.15, -0.1) is 0 Å². The van der Waals surface area contributed by atoms with Crippen LogP contribution in [0.4, 0.5) is 5.69 Å². The molecule has 0 aliphatic heterocycles. The van der Waals surface area contributed by atoms with Gasteiger partial charge >= 0.3 is 0 Å². The van der Waals surface area contributed by atoms with E-state index in [1.807, 2.05) is 30.4 Å². The van der Waals surface area contributed by atoms with Crippen LogP contribution in [0.5, 0.6) is 0 Å². The number of aliphatic imine (C=N–C) groups is 1. The molecule has 2 unspecified atom stereocenters. The van der Waals surface area contributed by atoms with Crippen LogP contribution in [0, 0.1) is 5.41 Å². The first-order valence-electron chi connectivity index (χ1n) is 8.26. The lowest BCUT2D eigenvalue weighted by Crippen LogP contribution is -2.21. The summed E-state index contributed by atoms with van der Waals surface area (Å²) in [7, 11) is 0. The summed E-state index contributed by atoms with van der Waals surface area (Å²) in [4.78, 5) is 4.91. The summed E-state index contributed by atoms with van der Waals surface area (Å²) < 4.78 is 0. The highest BCUT2D eigenvalue weighted by Gasteiger charge is 2.63. The Labute approximate surface area is 142 Å². The van der Waals surface area contributed by atoms with Crippen molar-refractivity contribution in [3.05, 3.63) is 66.3 Å². The molecule has 0 spiro atoms. The third-order valence-electron chi connectivity index (χ3n) is 5.60. The lowest BCUT2D eigenvalue weighted by molar-refractivity contribution is 0.617. The SMILES string of the molecule is CC1(/N=C2\C=CC=CC2=N)CC1(C)c1ccc2ccccc2c1N. The van der Waals surface area contributed by atoms with Crippen molar-refractivity contribution in [1.82, 2.24) is 0 Å². The predicted octanol–water partition coefficient (Wildman–Crippen LogP) is 4.43. The first-order chi connectivity index (χ1) is 11.4. The maximum Gasteiger partial charge on any atom is 0.0830 e. The lowest BCUT2D eigenvalue weighted by atomic mass is 9.89. The van der Waals surface area contributed by atoms with E-state index >= 15 is 0 Å². The highest BCUT2D eigenvalue weighted by Crippen LogP contribution is 2.61. The van der Waals surface area contributed by atoms with Crippen molar-refractivity contribution >= 4 is 27.9 Å². The van der Waals surface area contributed by atoms with Crippen LogP contribution >= 0.6 is 0 Å². The average Bonchev–Trinajstić information content (AvgIpc) is 3.12. The molecule has 2 aliphatic rings. The molecule has 2 aliphatic carbocycles. The fourth-order valence-electron chi connectivity index (χ4n) is 3.81. The molecule has 1 fully saturated rings. The topological polar surface area (TPSA) is 62.2 Å². The van der Waals surface area contributed by atoms with Crippen LogP contribution < -0.4 is 5.73 Å². The highest BCUT2D eigenvalue weighted by molar-refractivity contribution is 6.50. The van der Waals surface area contributed by atoms with Crippen molar-refractivity contribution in [2.75, 3.05) is 5.73 Å². The Balaban J connectivity index is 1.77. The Bertz CT molecular complexity index is 951. The molecule has 2 atom stereocenters. The van der Waals surface area contributed by atoms with Gasteiger partial charge in [0.25, 0.3) is 0 Å². The number of nitrogen functional groups attached to an aromatic ring is 1. The van der Waals surface area contributed by atoms with E-state index in [0.717, 1.165) is 34.2 Å². The lowest BCUT2D eigenvalue weighted by Gasteiger charge is -2.20. The minimum Gasteiger partial charge on any atom is -0.398 e. The fraction of sp³-hybridized carbons (Fsp3) is 0.238. The van der Waals surface area contributed by atoms with Crippen molar-refractivity contribution in [2.24, 2.45) is 4.99 Å². The molecule has 0 saturated heterocycles. The van der Waals surface area contributed by atoms with Gasteiger partial charge in [0.1, 0.15) is 0 Å². The van der Waals surface area contributed by atoms with E-state index in [0.29, 0.717) is 5.71 Å². The van der Waals surface area contributed by atoms with E-state index < -0.39 is 0 Å². The number of anilines is 1. The maximum absolute atomic E-state index is 8.04. The van der Waals surface area contributed by atoms with Gasteiger partial charge in [0.15, 0.2) is 0 Å². The van der Waals surface area contributed by atoms with E-state index in [2.05, 4.69) is 38.1 Å². The second-order valence-electron chi connectivity index (χ2n) is 7.16. The maximum atomic E-state index is 8.04. The van der Waals surface area contributed by atoms with Crippen molar-refractivity contribution in [3.8, 4) is 0 Å². The van der Waals surface area contributed by atoms with E-state index in [1.54, 1.807) is 6.08 Å². The number of nitrogens with two attached hydrogens (primary N) is 1. The molecular formula is C21H21N3. The summed E-state index contributed by atoms with van der Waals surface area (Å²) in [6, 6.07) is 12.5. The van der Waals surface area contributed by atoms with Crippen LogP contribution in [0.1, 0.15) is 25.8 Å². The van der Waals surface area contributed by atoms with Crippen molar-refractivity contribution in [1.29, 1.82) is 5.41 Å². The van der Waals surface area contributed by atoms with Crippen molar-refractivity contribution in [2.45, 2.75) is 31.2 Å². The number of nitrogens with zero attached hydrogens (tertiary/aromatic N) is 1. The standard InChI is InChI=1S/C21H21N3/c1-20(13-21(20,2)24-18-10-6-5-9-17(18)22)16-12-11-14-7-3-4-8-15(14)19(16)23/h3-12,22H,13,23H2,1-2H3/b22-17?,24-18+. The molecule has 0 amide bonds. The number of nitrogens with one attached hydrogen (secondary N) is 1. The van der Waals surface area contributed by atoms with Gasteiger partial charge in [0.05, 0.1) is 17.0 Å². The molecule has 24 heavy (non-hydrogen) atoms. The zero-order chi connectivity index (χ0) is 16.9. The number of allylic oxidation sites excluding steroid dienone is 4. The summed E-state index contributed by atoms with van der Waals surface area (Å²) in [6.45, 7) is 4.39. The second kappa shape index (κ2) is 4.91. The minimum atomic E-state index is -0.221. The molecule has 0 bridgehead atoms. The van der Waals surface area contributed by atoms with Crippen LogP contribution in [0.3, 0.4) is 0 Å². The number of hydrogen-bond acceptors (Lipinski definition) is 3. The largest absolute Gasteiger partial charge is 0.398 e. The Hall–Kier alpha value is -2.68. The molecule has 2 aromatic rings. The molecule has 3 nitrogen and oxygen atoms in total. The van der Waals surface area contributed by atoms with Gasteiger partial charge in [0, 0.05) is 16.5 Å². The van der Waals surface area contributed by atoms with Crippen LogP contribution in [0.2, 0.25) is 0 Å². The first-order valence-corrected chi connectivity index (χ1v) is 8.26. The number of rotatable bonds is 2. The van der Waals surface area contributed by atoms with E-state index in [-0.39, 0.29) is 11.0 Å². The van der Waals surface area contributed by atoms with E-state index in [4.69, 9.17) is 16.1 Å². The smallest absolute Gasteiger partial charge is 0.0830 e. The van der Waals surface area contributed by atoms with Gasteiger partial charge in [0.2, 0.25) is 0 Å². The Kier molecular flexibility index (Phi) is 3.04. The molecule has 120 valence electrons. The quantitative estimate of drug-likeness (QED) is 0.625. The monoisotopic (exact) mass is 315 g/mol. The average molecular weight is 315 g/mol. The third kappa shape index (κ3) is 2.04. The van der Waals surface area contributed by atoms with Gasteiger partial charge in [-0.1, -0.05) is 55.5 Å². The zero-order valence-electron chi connectivity index (χ0n) is 14.0. The van der Waals surface area contributed by atoms with Crippen molar-refractivity contribution < 1.29 is 0 Å². The minimum absolute atomic E-state index is 0.0939. The summed E-state index contributed by atoms with van der Waals surface area (Å²) in [5.41, 5.74) is 9.44. The highest BCUT2D eigenvalue weighted by atomic mass is 15.0. The van der Waals surface area contributed by atoms with Gasteiger partial charge in [-0.3, -0.25) is 10.4 Å². The third-order valence-corrected chi connectivity index (χ3v) is 5.60. The summed E-state index contributed by atoms with van der Waals surface area (Å²) >= 11 is 0. The van der Waals surface area contributed by atoms with E-state index in [1.165, 1.54) is 0 Å². The molecule has 0 heterocycles. The van der Waals surface area contributed by atoms with E-state index in [9.17, 15) is 0 Å². The molecule has 0 radical (unpaired) electrons. The summed E-state index contributed by atoms with van der Waals surface area (Å²) in [6.07, 6.45) is 8.45. The molecule has 3 N–H and O–H groups in total. The van der Waals surface area contributed by atoms with Gasteiger partial charge in [-0.25, -0.2) is 0 Å². The van der Waals surface area contributed by atoms with Crippen LogP contribution in [0.15, 0.2) is 65.7 Å². The van der Waals surface area contributed by atoms with Gasteiger partial charge in [-0.05, 0) is 36.4 Å². The second-order valence-corrected chi connectivity index (χ2v) is 7.16. The molecule has 2 aromatic carbocycles. The van der Waals surface area contributed by atoms with Crippen LogP contribution in [-0.4, -0.2) is 17.0 Å². The van der Waals surface area contributed by atoms with Gasteiger partial charge < -0.3 is 5.73 Å². The molecular weight excluding hydrogens is 294 g/mol. The predicted molar refractivity (Wildman–Crippen MR) is 102 cm³/mol. The van der Waals surface area contributed by atoms with Crippen LogP contribution in [0.25, 0.3) is 10.8 Å². The number of hydrogen-bond donors (Lipinski definition) is 2. The molecule has 4 rings (SSSR count). The first kappa shape index (κ1) is 14.9. The number of fused-ring (bicyclic) bond motifs is 1. The molecule has 3 heteroatoms. The summed E-state index contributed by atoms with van der Waals surface area (Å²) in [5, 5.41) is 10.3. The Morgan fingerprint density at radius 3 is 2.58 bits per heavy atom.